The van der Waals surface area contributed by atoms with Crippen LogP contribution in [-0.2, 0) is 10.0 Å². The molecule has 4 saturated carbocycles. The summed E-state index contributed by atoms with van der Waals surface area (Å²) in [7, 11) is -4.27. The second kappa shape index (κ2) is 13.9. The molecule has 1 aromatic rings. The Morgan fingerprint density at radius 1 is 0.960 bits per heavy atom. The van der Waals surface area contributed by atoms with Gasteiger partial charge in [-0.3, -0.25) is 0 Å². The Labute approximate surface area is 309 Å². The number of allylic oxidation sites excluding steroid dienone is 3. The van der Waals surface area contributed by atoms with Gasteiger partial charge in [0, 0.05) is 0 Å². The van der Waals surface area contributed by atoms with Crippen LogP contribution in [0, 0.1) is 34.5 Å². The van der Waals surface area contributed by atoms with Crippen molar-refractivity contribution in [3.63, 3.8) is 0 Å². The second-order valence-corrected chi connectivity index (χ2v) is 30.1. The van der Waals surface area contributed by atoms with E-state index in [9.17, 15) is 9.90 Å². The van der Waals surface area contributed by atoms with Crippen molar-refractivity contribution in [2.75, 3.05) is 6.61 Å². The van der Waals surface area contributed by atoms with Gasteiger partial charge in [0.1, 0.15) is 5.75 Å². The average Bonchev–Trinajstić information content (AvgIpc) is 3.70. The number of rotatable bonds is 11. The maximum Gasteiger partial charge on any atom is 0.192 e. The van der Waals surface area contributed by atoms with E-state index in [4.69, 9.17) is 9.16 Å². The summed E-state index contributed by atoms with van der Waals surface area (Å²) >= 11 is 0. The summed E-state index contributed by atoms with van der Waals surface area (Å²) in [5, 5.41) is 10.7. The molecule has 1 spiro atoms. The third-order valence-corrected chi connectivity index (χ3v) is 23.2. The Morgan fingerprint density at radius 2 is 1.64 bits per heavy atom. The maximum atomic E-state index is 11.3. The van der Waals surface area contributed by atoms with E-state index in [0.717, 1.165) is 30.6 Å². The smallest absolute Gasteiger partial charge is 0.192 e. The molecular weight excluding hydrogens is 649 g/mol. The van der Waals surface area contributed by atoms with Crippen LogP contribution in [0.3, 0.4) is 0 Å². The zero-order valence-electron chi connectivity index (χ0n) is 34.3. The summed E-state index contributed by atoms with van der Waals surface area (Å²) in [6, 6.07) is 7.98. The fourth-order valence-corrected chi connectivity index (χ4v) is 12.0. The molecule has 282 valence electrons. The fourth-order valence-electron chi connectivity index (χ4n) is 9.90. The van der Waals surface area contributed by atoms with Crippen LogP contribution >= 0.6 is 0 Å². The molecule has 0 radical (unpaired) electrons. The van der Waals surface area contributed by atoms with Crippen LogP contribution in [-0.4, -0.2) is 39.2 Å². The van der Waals surface area contributed by atoms with E-state index in [1.165, 1.54) is 44.9 Å². The third kappa shape index (κ3) is 8.15. The molecular formula is C44H74O4Si2. The molecule has 2 N–H and O–H groups in total. The van der Waals surface area contributed by atoms with Gasteiger partial charge in [-0.25, -0.2) is 0 Å². The first-order valence-corrected chi connectivity index (χ1v) is 26.0. The number of fused-ring (bicyclic) bond motifs is 1. The molecule has 0 unspecified atom stereocenters. The van der Waals surface area contributed by atoms with E-state index < -0.39 is 22.2 Å². The maximum absolute atomic E-state index is 11.3. The Morgan fingerprint density at radius 3 is 2.24 bits per heavy atom. The lowest BCUT2D eigenvalue weighted by molar-refractivity contribution is 0.0358. The van der Waals surface area contributed by atoms with E-state index in [2.05, 4.69) is 86.8 Å². The van der Waals surface area contributed by atoms with Crippen molar-refractivity contribution in [3.8, 4) is 5.75 Å². The van der Waals surface area contributed by atoms with Crippen molar-refractivity contribution in [1.29, 1.82) is 0 Å². The molecule has 0 heterocycles. The quantitative estimate of drug-likeness (QED) is 0.223. The van der Waals surface area contributed by atoms with Crippen molar-refractivity contribution in [2.45, 2.75) is 174 Å². The summed E-state index contributed by atoms with van der Waals surface area (Å²) in [6.07, 6.45) is 17.6. The zero-order chi connectivity index (χ0) is 37.1. The molecule has 6 atom stereocenters. The first-order chi connectivity index (χ1) is 22.9. The molecule has 0 aliphatic heterocycles. The van der Waals surface area contributed by atoms with E-state index in [-0.39, 0.29) is 15.5 Å². The highest BCUT2D eigenvalue weighted by Crippen LogP contribution is 2.66. The Kier molecular flexibility index (Phi) is 11.1. The number of aliphatic hydroxyl groups is 1. The largest absolute Gasteiger partial charge is 0.493 e. The minimum absolute atomic E-state index is 0.0294. The van der Waals surface area contributed by atoms with Gasteiger partial charge in [-0.15, -0.1) is 0 Å². The molecule has 4 aliphatic carbocycles. The van der Waals surface area contributed by atoms with Crippen LogP contribution in [0.2, 0.25) is 36.3 Å². The van der Waals surface area contributed by atoms with Crippen molar-refractivity contribution < 1.29 is 19.1 Å². The topological polar surface area (TPSA) is 58.9 Å². The number of hydrogen-bond donors (Lipinski definition) is 2. The highest BCUT2D eigenvalue weighted by Gasteiger charge is 2.60. The Balaban J connectivity index is 1.35. The van der Waals surface area contributed by atoms with Crippen molar-refractivity contribution in [3.05, 3.63) is 53.1 Å². The summed E-state index contributed by atoms with van der Waals surface area (Å²) < 4.78 is 13.8. The van der Waals surface area contributed by atoms with E-state index >= 15 is 0 Å². The van der Waals surface area contributed by atoms with Gasteiger partial charge in [0.15, 0.2) is 16.6 Å². The van der Waals surface area contributed by atoms with Gasteiger partial charge in [0.25, 0.3) is 0 Å². The molecule has 6 heteroatoms. The van der Waals surface area contributed by atoms with Gasteiger partial charge in [0.05, 0.1) is 18.3 Å². The second-order valence-electron chi connectivity index (χ2n) is 20.9. The summed E-state index contributed by atoms with van der Waals surface area (Å²) in [5.74, 6) is 3.19. The molecule has 4 aliphatic rings. The molecule has 0 aromatic heterocycles. The Hall–Kier alpha value is -1.19. The summed E-state index contributed by atoms with van der Waals surface area (Å²) in [4.78, 5) is 11.3. The number of benzene rings is 1. The number of ether oxygens (including phenoxy) is 1. The summed E-state index contributed by atoms with van der Waals surface area (Å²) in [6.45, 7) is 30.3. The first-order valence-electron chi connectivity index (χ1n) is 20.1. The van der Waals surface area contributed by atoms with Crippen LogP contribution < -0.4 is 4.74 Å². The van der Waals surface area contributed by atoms with Gasteiger partial charge in [0.2, 0.25) is 0 Å². The minimum Gasteiger partial charge on any atom is -0.493 e. The third-order valence-electron chi connectivity index (χ3n) is 15.2. The average molecular weight is 723 g/mol. The standard InChI is InChI=1S/C44H74O4Si2/c1-31(30-47-36-18-14-17-34(28-36)42(7,8)45)37-21-22-38-33(16-15-23-43(37,38)9)20-19-32-26-35(29-41(5,6)49(10,11)46)44(24-25-44)39(27-32)48-50(12,13)40(2,3)4/h14,17-20,28,31,35,37-39,45-46H,15-16,21-27,29-30H2,1-13H3/b32-19+,33-20+/t31-,35-,37+,38-,39+,43+/m0/s1. The Bertz CT molecular complexity index is 1370. The molecule has 0 bridgehead atoms. The van der Waals surface area contributed by atoms with Gasteiger partial charge < -0.3 is 19.1 Å². The van der Waals surface area contributed by atoms with Gasteiger partial charge in [-0.2, -0.15) is 0 Å². The number of hydrogen-bond acceptors (Lipinski definition) is 4. The minimum atomic E-state index is -2.33. The molecule has 4 fully saturated rings. The summed E-state index contributed by atoms with van der Waals surface area (Å²) in [5.41, 5.74) is 3.87. The van der Waals surface area contributed by atoms with Crippen molar-refractivity contribution in [2.24, 2.45) is 34.5 Å². The van der Waals surface area contributed by atoms with Crippen LogP contribution in [0.5, 0.6) is 5.75 Å². The highest BCUT2D eigenvalue weighted by molar-refractivity contribution is 6.74. The van der Waals surface area contributed by atoms with Crippen LogP contribution in [0.1, 0.15) is 132 Å². The monoisotopic (exact) mass is 723 g/mol. The van der Waals surface area contributed by atoms with Gasteiger partial charge in [-0.1, -0.05) is 83.9 Å². The van der Waals surface area contributed by atoms with E-state index in [0.29, 0.717) is 41.8 Å². The van der Waals surface area contributed by atoms with E-state index in [1.54, 1.807) is 11.1 Å². The van der Waals surface area contributed by atoms with Gasteiger partial charge >= 0.3 is 0 Å². The predicted molar refractivity (Wildman–Crippen MR) is 216 cm³/mol. The van der Waals surface area contributed by atoms with Crippen LogP contribution in [0.25, 0.3) is 0 Å². The zero-order valence-corrected chi connectivity index (χ0v) is 36.3. The lowest BCUT2D eigenvalue weighted by Gasteiger charge is -2.49. The molecule has 50 heavy (non-hydrogen) atoms. The van der Waals surface area contributed by atoms with Crippen molar-refractivity contribution in [1.82, 2.24) is 0 Å². The van der Waals surface area contributed by atoms with Gasteiger partial charge in [-0.05, 0) is 167 Å². The first kappa shape index (κ1) is 40.0. The predicted octanol–water partition coefficient (Wildman–Crippen LogP) is 11.9. The molecule has 4 nitrogen and oxygen atoms in total. The van der Waals surface area contributed by atoms with Crippen LogP contribution in [0.15, 0.2) is 47.6 Å². The lowest BCUT2D eigenvalue weighted by Crippen LogP contribution is -2.50. The molecule has 5 rings (SSSR count). The normalized spacial score (nSPS) is 31.3. The molecule has 0 saturated heterocycles. The molecule has 0 amide bonds. The fraction of sp³-hybridized carbons (Fsp3) is 0.773. The highest BCUT2D eigenvalue weighted by atomic mass is 28.4. The van der Waals surface area contributed by atoms with Crippen molar-refractivity contribution >= 4 is 16.6 Å². The SMILES string of the molecule is C[C@@H](COc1cccc(C(C)(C)O)c1)[C@H]1CC[C@H]2/C(=C/C=C3\C[C@@H](CC(C)(C)[Si](C)(C)O)C4(CC4)[C@H](O[Si](C)(C)C(C)(C)C)C3)CCC[C@]12C. The lowest BCUT2D eigenvalue weighted by atomic mass is 9.61. The van der Waals surface area contributed by atoms with Crippen LogP contribution in [0.4, 0.5) is 0 Å². The van der Waals surface area contributed by atoms with E-state index in [1.807, 2.05) is 38.1 Å². The molecule has 1 aromatic carbocycles.